The van der Waals surface area contributed by atoms with Crippen LogP contribution < -0.4 is 5.56 Å². The maximum atomic E-state index is 11.5. The quantitative estimate of drug-likeness (QED) is 0.565. The van der Waals surface area contributed by atoms with Crippen molar-refractivity contribution in [3.63, 3.8) is 0 Å². The minimum Gasteiger partial charge on any atom is -0.316 e. The Kier molecular flexibility index (Phi) is 2.20. The summed E-state index contributed by atoms with van der Waals surface area (Å²) in [6, 6.07) is 0. The van der Waals surface area contributed by atoms with Crippen LogP contribution in [0.4, 0.5) is 0 Å². The molecule has 2 aromatic heterocycles. The third kappa shape index (κ3) is 1.28. The Morgan fingerprint density at radius 3 is 2.86 bits per heavy atom. The zero-order valence-electron chi connectivity index (χ0n) is 7.62. The first kappa shape index (κ1) is 9.47. The number of aromatic nitrogens is 4. The van der Waals surface area contributed by atoms with Gasteiger partial charge in [-0.2, -0.15) is 0 Å². The molecule has 0 saturated heterocycles. The first-order valence-corrected chi connectivity index (χ1v) is 5.50. The molecule has 0 radical (unpaired) electrons. The molecule has 0 bridgehead atoms. The number of thioether (sulfide) groups is 1. The topological polar surface area (TPSA) is 66.5 Å². The standard InChI is InChI=1S/C7H8N4OS2/c1-11-3-4(9-7(11)14-2)8-6(13)10-5(3)12/h1-2H3,(H2,8,10,12,13). The molecule has 0 atom stereocenters. The van der Waals surface area contributed by atoms with Crippen LogP contribution >= 0.6 is 24.0 Å². The zero-order chi connectivity index (χ0) is 10.3. The Morgan fingerprint density at radius 1 is 1.50 bits per heavy atom. The summed E-state index contributed by atoms with van der Waals surface area (Å²) in [5, 5.41) is 0.780. The highest BCUT2D eigenvalue weighted by atomic mass is 32.2. The number of fused-ring (bicyclic) bond motifs is 1. The number of aryl methyl sites for hydroxylation is 1. The summed E-state index contributed by atoms with van der Waals surface area (Å²) < 4.78 is 2.04. The maximum absolute atomic E-state index is 11.5. The lowest BCUT2D eigenvalue weighted by Gasteiger charge is -1.95. The SMILES string of the molecule is CSc1nc2[nH]c(=S)[nH]c(=O)c2n1C. The fourth-order valence-electron chi connectivity index (χ4n) is 1.31. The van der Waals surface area contributed by atoms with Gasteiger partial charge in [-0.05, 0) is 18.5 Å². The molecule has 0 aliphatic carbocycles. The van der Waals surface area contributed by atoms with E-state index in [-0.39, 0.29) is 5.56 Å². The molecular formula is C7H8N4OS2. The van der Waals surface area contributed by atoms with Crippen molar-refractivity contribution in [3.05, 3.63) is 15.1 Å². The summed E-state index contributed by atoms with van der Waals surface area (Å²) in [4.78, 5) is 21.1. The molecule has 0 unspecified atom stereocenters. The van der Waals surface area contributed by atoms with E-state index in [1.165, 1.54) is 11.8 Å². The van der Waals surface area contributed by atoms with Crippen LogP contribution in [0.1, 0.15) is 0 Å². The van der Waals surface area contributed by atoms with E-state index < -0.39 is 0 Å². The van der Waals surface area contributed by atoms with Gasteiger partial charge in [0, 0.05) is 7.05 Å². The van der Waals surface area contributed by atoms with E-state index >= 15 is 0 Å². The van der Waals surface area contributed by atoms with Crippen LogP contribution in [0, 0.1) is 4.77 Å². The molecule has 2 heterocycles. The van der Waals surface area contributed by atoms with E-state index in [0.717, 1.165) is 5.16 Å². The molecule has 0 amide bonds. The Morgan fingerprint density at radius 2 is 2.21 bits per heavy atom. The number of H-pyrrole nitrogens is 2. The second-order valence-corrected chi connectivity index (χ2v) is 3.94. The largest absolute Gasteiger partial charge is 0.316 e. The molecular weight excluding hydrogens is 220 g/mol. The van der Waals surface area contributed by atoms with Gasteiger partial charge in [-0.15, -0.1) is 0 Å². The molecule has 2 rings (SSSR count). The normalized spacial score (nSPS) is 11.0. The predicted octanol–water partition coefficient (Wildman–Crippen LogP) is 1.04. The van der Waals surface area contributed by atoms with E-state index in [1.54, 1.807) is 11.6 Å². The van der Waals surface area contributed by atoms with Crippen LogP contribution in [-0.4, -0.2) is 25.8 Å². The van der Waals surface area contributed by atoms with Gasteiger partial charge in [-0.1, -0.05) is 11.8 Å². The summed E-state index contributed by atoms with van der Waals surface area (Å²) in [5.41, 5.74) is 0.840. The summed E-state index contributed by atoms with van der Waals surface area (Å²) in [6.07, 6.45) is 1.91. The summed E-state index contributed by atoms with van der Waals surface area (Å²) >= 11 is 6.33. The molecule has 7 heteroatoms. The lowest BCUT2D eigenvalue weighted by Crippen LogP contribution is -2.10. The van der Waals surface area contributed by atoms with Gasteiger partial charge in [0.15, 0.2) is 21.1 Å². The van der Waals surface area contributed by atoms with Crippen molar-refractivity contribution in [2.24, 2.45) is 7.05 Å². The lowest BCUT2D eigenvalue weighted by atomic mass is 10.5. The van der Waals surface area contributed by atoms with Crippen molar-refractivity contribution in [1.29, 1.82) is 0 Å². The highest BCUT2D eigenvalue weighted by molar-refractivity contribution is 7.98. The van der Waals surface area contributed by atoms with E-state index in [0.29, 0.717) is 15.9 Å². The predicted molar refractivity (Wildman–Crippen MR) is 58.3 cm³/mol. The smallest absolute Gasteiger partial charge is 0.277 e. The highest BCUT2D eigenvalue weighted by Crippen LogP contribution is 2.16. The van der Waals surface area contributed by atoms with Gasteiger partial charge < -0.3 is 9.55 Å². The maximum Gasteiger partial charge on any atom is 0.277 e. The highest BCUT2D eigenvalue weighted by Gasteiger charge is 2.09. The van der Waals surface area contributed by atoms with Crippen LogP contribution in [0.2, 0.25) is 0 Å². The summed E-state index contributed by atoms with van der Waals surface area (Å²) in [7, 11) is 1.80. The third-order valence-electron chi connectivity index (χ3n) is 1.91. The molecule has 0 saturated carbocycles. The summed E-state index contributed by atoms with van der Waals surface area (Å²) in [6.45, 7) is 0. The Labute approximate surface area is 88.6 Å². The molecule has 0 aromatic carbocycles. The average Bonchev–Trinajstić information content (AvgIpc) is 2.42. The second kappa shape index (κ2) is 3.25. The van der Waals surface area contributed by atoms with Crippen molar-refractivity contribution in [1.82, 2.24) is 19.5 Å². The number of aromatic amines is 2. The molecule has 2 N–H and O–H groups in total. The van der Waals surface area contributed by atoms with Crippen molar-refractivity contribution in [3.8, 4) is 0 Å². The van der Waals surface area contributed by atoms with E-state index in [2.05, 4.69) is 15.0 Å². The first-order chi connectivity index (χ1) is 6.63. The molecule has 74 valence electrons. The van der Waals surface area contributed by atoms with Gasteiger partial charge in [-0.25, -0.2) is 4.98 Å². The molecule has 5 nitrogen and oxygen atoms in total. The monoisotopic (exact) mass is 228 g/mol. The number of hydrogen-bond acceptors (Lipinski definition) is 4. The van der Waals surface area contributed by atoms with Crippen molar-refractivity contribution < 1.29 is 0 Å². The molecule has 0 aliphatic heterocycles. The van der Waals surface area contributed by atoms with E-state index in [1.807, 2.05) is 6.26 Å². The fourth-order valence-corrected chi connectivity index (χ4v) is 2.05. The van der Waals surface area contributed by atoms with Gasteiger partial charge in [0.25, 0.3) is 5.56 Å². The van der Waals surface area contributed by atoms with Crippen LogP contribution in [-0.2, 0) is 7.05 Å². The first-order valence-electron chi connectivity index (χ1n) is 3.86. The summed E-state index contributed by atoms with van der Waals surface area (Å²) in [5.74, 6) is 0. The van der Waals surface area contributed by atoms with Crippen LogP contribution in [0.15, 0.2) is 9.95 Å². The van der Waals surface area contributed by atoms with Crippen LogP contribution in [0.5, 0.6) is 0 Å². The second-order valence-electron chi connectivity index (χ2n) is 2.76. The molecule has 0 spiro atoms. The fraction of sp³-hybridized carbons (Fsp3) is 0.286. The minimum absolute atomic E-state index is 0.209. The minimum atomic E-state index is -0.209. The lowest BCUT2D eigenvalue weighted by molar-refractivity contribution is 0.813. The van der Waals surface area contributed by atoms with E-state index in [9.17, 15) is 4.79 Å². The molecule has 14 heavy (non-hydrogen) atoms. The molecule has 0 fully saturated rings. The van der Waals surface area contributed by atoms with Crippen molar-refractivity contribution in [2.75, 3.05) is 6.26 Å². The Bertz CT molecular complexity index is 594. The number of rotatable bonds is 1. The number of hydrogen-bond donors (Lipinski definition) is 2. The average molecular weight is 228 g/mol. The number of imidazole rings is 1. The van der Waals surface area contributed by atoms with E-state index in [4.69, 9.17) is 12.2 Å². The Hall–Kier alpha value is -1.08. The number of nitrogens with zero attached hydrogens (tertiary/aromatic N) is 2. The van der Waals surface area contributed by atoms with Gasteiger partial charge in [-0.3, -0.25) is 9.78 Å². The van der Waals surface area contributed by atoms with Crippen molar-refractivity contribution >= 4 is 35.1 Å². The number of nitrogens with one attached hydrogen (secondary N) is 2. The third-order valence-corrected chi connectivity index (χ3v) is 2.85. The van der Waals surface area contributed by atoms with Gasteiger partial charge >= 0.3 is 0 Å². The van der Waals surface area contributed by atoms with Crippen LogP contribution in [0.25, 0.3) is 11.2 Å². The molecule has 2 aromatic rings. The Balaban J connectivity index is 3.00. The van der Waals surface area contributed by atoms with Gasteiger partial charge in [0.05, 0.1) is 0 Å². The van der Waals surface area contributed by atoms with Gasteiger partial charge in [0.1, 0.15) is 0 Å². The van der Waals surface area contributed by atoms with Crippen LogP contribution in [0.3, 0.4) is 0 Å². The molecule has 0 aliphatic rings. The van der Waals surface area contributed by atoms with Crippen molar-refractivity contribution in [2.45, 2.75) is 5.16 Å². The zero-order valence-corrected chi connectivity index (χ0v) is 9.25. The van der Waals surface area contributed by atoms with Gasteiger partial charge in [0.2, 0.25) is 0 Å².